The third-order valence-electron chi connectivity index (χ3n) is 5.54. The van der Waals surface area contributed by atoms with Crippen molar-refractivity contribution in [2.24, 2.45) is 0 Å². The number of nitrogens with two attached hydrogens (primary N) is 1. The van der Waals surface area contributed by atoms with Gasteiger partial charge in [0.15, 0.2) is 11.7 Å². The van der Waals surface area contributed by atoms with Gasteiger partial charge < -0.3 is 30.8 Å². The smallest absolute Gasteiger partial charge is 0.408 e. The number of ketones is 1. The molecule has 2 aromatic rings. The van der Waals surface area contributed by atoms with Crippen molar-refractivity contribution in [3.05, 3.63) is 41.2 Å². The number of rotatable bonds is 10. The Bertz CT molecular complexity index is 1030. The molecule has 2 atom stereocenters. The number of amides is 2. The fourth-order valence-electron chi connectivity index (χ4n) is 3.78. The number of benzene rings is 1. The Labute approximate surface area is 206 Å². The lowest BCUT2D eigenvalue weighted by Crippen LogP contribution is -2.52. The summed E-state index contributed by atoms with van der Waals surface area (Å²) in [5, 5.41) is 15.2. The second kappa shape index (κ2) is 11.7. The molecule has 2 amide bonds. The Hall–Kier alpha value is -3.56. The van der Waals surface area contributed by atoms with E-state index in [4.69, 9.17) is 10.5 Å². The largest absolute Gasteiger partial charge is 0.508 e. The molecule has 5 N–H and O–H groups in total. The minimum atomic E-state index is -0.918. The van der Waals surface area contributed by atoms with Gasteiger partial charge in [-0.15, -0.1) is 0 Å². The normalized spacial score (nSPS) is 13.1. The number of hydrogen-bond acceptors (Lipinski definition) is 7. The third-order valence-corrected chi connectivity index (χ3v) is 5.54. The lowest BCUT2D eigenvalue weighted by Gasteiger charge is -2.25. The van der Waals surface area contributed by atoms with Crippen LogP contribution in [0.3, 0.4) is 0 Å². The van der Waals surface area contributed by atoms with Crippen molar-refractivity contribution in [2.45, 2.75) is 85.0 Å². The molecule has 10 heteroatoms. The van der Waals surface area contributed by atoms with Gasteiger partial charge in [-0.2, -0.15) is 0 Å². The highest BCUT2D eigenvalue weighted by atomic mass is 16.6. The average Bonchev–Trinajstić information content (AvgIpc) is 3.12. The fraction of sp³-hybridized carbons (Fsp3) is 0.520. The topological polar surface area (TPSA) is 149 Å². The zero-order valence-corrected chi connectivity index (χ0v) is 21.3. The van der Waals surface area contributed by atoms with E-state index in [1.165, 1.54) is 6.92 Å². The Kier molecular flexibility index (Phi) is 9.27. The minimum absolute atomic E-state index is 0.146. The molecule has 0 spiro atoms. The van der Waals surface area contributed by atoms with Crippen LogP contribution in [0.25, 0.3) is 0 Å². The Morgan fingerprint density at radius 1 is 1.14 bits per heavy atom. The van der Waals surface area contributed by atoms with E-state index in [2.05, 4.69) is 15.6 Å². The van der Waals surface area contributed by atoms with Crippen LogP contribution in [0.15, 0.2) is 24.5 Å². The summed E-state index contributed by atoms with van der Waals surface area (Å²) in [7, 11) is 0. The van der Waals surface area contributed by atoms with Gasteiger partial charge in [-0.3, -0.25) is 9.59 Å². The van der Waals surface area contributed by atoms with E-state index in [-0.39, 0.29) is 18.0 Å². The summed E-state index contributed by atoms with van der Waals surface area (Å²) in [6.45, 7) is 10.8. The molecule has 0 bridgehead atoms. The molecule has 1 aromatic heterocycles. The van der Waals surface area contributed by atoms with Crippen molar-refractivity contribution in [3.63, 3.8) is 0 Å². The molecule has 1 heterocycles. The fourth-order valence-corrected chi connectivity index (χ4v) is 3.78. The van der Waals surface area contributed by atoms with E-state index in [1.54, 1.807) is 49.9 Å². The number of imidazole rings is 1. The highest BCUT2D eigenvalue weighted by Gasteiger charge is 2.28. The van der Waals surface area contributed by atoms with Gasteiger partial charge in [0.2, 0.25) is 5.91 Å². The maximum Gasteiger partial charge on any atom is 0.408 e. The van der Waals surface area contributed by atoms with Crippen LogP contribution in [0.5, 0.6) is 5.75 Å². The van der Waals surface area contributed by atoms with Crippen LogP contribution in [0.1, 0.15) is 57.2 Å². The van der Waals surface area contributed by atoms with Crippen LogP contribution >= 0.6 is 0 Å². The van der Waals surface area contributed by atoms with Crippen molar-refractivity contribution in [3.8, 4) is 5.75 Å². The molecule has 0 radical (unpaired) electrons. The highest BCUT2D eigenvalue weighted by Crippen LogP contribution is 2.22. The molecule has 0 aliphatic heterocycles. The molecule has 0 saturated carbocycles. The van der Waals surface area contributed by atoms with Crippen molar-refractivity contribution in [1.29, 1.82) is 0 Å². The molecular weight excluding hydrogens is 450 g/mol. The first-order valence-corrected chi connectivity index (χ1v) is 11.6. The summed E-state index contributed by atoms with van der Waals surface area (Å²) in [6.07, 6.45) is 3.69. The second-order valence-electron chi connectivity index (χ2n) is 9.75. The van der Waals surface area contributed by atoms with Gasteiger partial charge in [-0.1, -0.05) is 0 Å². The first-order chi connectivity index (χ1) is 16.3. The standard InChI is InChI=1S/C25H37N5O5/c1-15-12-18(32)13-16(2)19(15)14-21(17(3)31)28-22(33)20(29-24(34)35-25(4,5)6)8-7-10-30-11-9-27-23(30)26/h9,11-13,20-21,32H,7-8,10,14H2,1-6H3,(H2,26,27)(H,28,33)(H,29,34)/t20-,21+/m1/s1. The predicted octanol–water partition coefficient (Wildman–Crippen LogP) is 2.78. The number of aromatic hydroxyl groups is 1. The Morgan fingerprint density at radius 2 is 1.77 bits per heavy atom. The predicted molar refractivity (Wildman–Crippen MR) is 133 cm³/mol. The van der Waals surface area contributed by atoms with Crippen molar-refractivity contribution < 1.29 is 24.2 Å². The lowest BCUT2D eigenvalue weighted by molar-refractivity contribution is -0.128. The van der Waals surface area contributed by atoms with Gasteiger partial charge in [-0.05, 0) is 83.2 Å². The van der Waals surface area contributed by atoms with Gasteiger partial charge in [0, 0.05) is 25.4 Å². The van der Waals surface area contributed by atoms with Crippen LogP contribution < -0.4 is 16.4 Å². The number of phenols is 1. The first kappa shape index (κ1) is 27.7. The highest BCUT2D eigenvalue weighted by molar-refractivity contribution is 5.91. The molecule has 192 valence electrons. The molecule has 0 fully saturated rings. The number of aromatic nitrogens is 2. The summed E-state index contributed by atoms with van der Waals surface area (Å²) in [5.74, 6) is -0.189. The van der Waals surface area contributed by atoms with Crippen molar-refractivity contribution >= 4 is 23.7 Å². The molecule has 0 saturated heterocycles. The SMILES string of the molecule is CC(=O)[C@H](Cc1c(C)cc(O)cc1C)NC(=O)[C@@H](CCCn1ccnc1N)NC(=O)OC(C)(C)C. The first-order valence-electron chi connectivity index (χ1n) is 11.6. The Balaban J connectivity index is 2.15. The number of carbonyl (C=O) groups excluding carboxylic acids is 3. The summed E-state index contributed by atoms with van der Waals surface area (Å²) >= 11 is 0. The Morgan fingerprint density at radius 3 is 2.29 bits per heavy atom. The van der Waals surface area contributed by atoms with Gasteiger partial charge in [0.05, 0.1) is 6.04 Å². The van der Waals surface area contributed by atoms with Crippen LogP contribution in [0, 0.1) is 13.8 Å². The number of phenolic OH excluding ortho intramolecular Hbond substituents is 1. The summed E-state index contributed by atoms with van der Waals surface area (Å²) in [4.78, 5) is 42.0. The number of nitrogens with one attached hydrogen (secondary N) is 2. The van der Waals surface area contributed by atoms with Gasteiger partial charge in [-0.25, -0.2) is 9.78 Å². The van der Waals surface area contributed by atoms with Crippen molar-refractivity contribution in [2.75, 3.05) is 5.73 Å². The molecule has 0 unspecified atom stereocenters. The number of aryl methyl sites for hydroxylation is 3. The number of alkyl carbamates (subject to hydrolysis) is 1. The average molecular weight is 488 g/mol. The van der Waals surface area contributed by atoms with E-state index in [9.17, 15) is 19.5 Å². The van der Waals surface area contributed by atoms with Gasteiger partial charge in [0.25, 0.3) is 0 Å². The number of nitrogen functional groups attached to an aromatic ring is 1. The summed E-state index contributed by atoms with van der Waals surface area (Å²) in [6, 6.07) is 1.53. The molecule has 35 heavy (non-hydrogen) atoms. The number of ether oxygens (including phenoxy) is 1. The maximum absolute atomic E-state index is 13.2. The van der Waals surface area contributed by atoms with Gasteiger partial charge >= 0.3 is 6.09 Å². The molecular formula is C25H37N5O5. The molecule has 1 aromatic carbocycles. The number of nitrogens with zero attached hydrogens (tertiary/aromatic N) is 2. The lowest BCUT2D eigenvalue weighted by atomic mass is 9.94. The monoisotopic (exact) mass is 487 g/mol. The summed E-state index contributed by atoms with van der Waals surface area (Å²) in [5.41, 5.74) is 7.59. The van der Waals surface area contributed by atoms with Crippen molar-refractivity contribution in [1.82, 2.24) is 20.2 Å². The number of anilines is 1. The number of Topliss-reactive ketones (excluding diaryl/α,β-unsaturated/α-hetero) is 1. The van der Waals surface area contributed by atoms with Gasteiger partial charge in [0.1, 0.15) is 17.4 Å². The van der Waals surface area contributed by atoms with Crippen LogP contribution in [-0.4, -0.2) is 50.1 Å². The van der Waals surface area contributed by atoms with Crippen LogP contribution in [0.4, 0.5) is 10.7 Å². The zero-order valence-electron chi connectivity index (χ0n) is 21.3. The van der Waals surface area contributed by atoms with Crippen LogP contribution in [0.2, 0.25) is 0 Å². The van der Waals surface area contributed by atoms with E-state index in [1.807, 2.05) is 13.8 Å². The van der Waals surface area contributed by atoms with E-state index in [0.29, 0.717) is 25.3 Å². The molecule has 0 aliphatic rings. The number of carbonyl (C=O) groups is 3. The molecule has 2 rings (SSSR count). The zero-order chi connectivity index (χ0) is 26.3. The van der Waals surface area contributed by atoms with Crippen LogP contribution in [-0.2, 0) is 27.3 Å². The van der Waals surface area contributed by atoms with E-state index < -0.39 is 29.7 Å². The third kappa shape index (κ3) is 8.62. The second-order valence-corrected chi connectivity index (χ2v) is 9.75. The maximum atomic E-state index is 13.2. The molecule has 10 nitrogen and oxygen atoms in total. The number of hydrogen-bond donors (Lipinski definition) is 4. The quantitative estimate of drug-likeness (QED) is 0.403. The van der Waals surface area contributed by atoms with E-state index >= 15 is 0 Å². The molecule has 0 aliphatic carbocycles. The minimum Gasteiger partial charge on any atom is -0.508 e. The van der Waals surface area contributed by atoms with E-state index in [0.717, 1.165) is 16.7 Å². The summed E-state index contributed by atoms with van der Waals surface area (Å²) < 4.78 is 7.07.